The molecule has 3 nitrogen and oxygen atoms in total. The van der Waals surface area contributed by atoms with Gasteiger partial charge in [-0.1, -0.05) is 6.92 Å². The first-order valence-corrected chi connectivity index (χ1v) is 6.55. The minimum atomic E-state index is -0.0711. The Kier molecular flexibility index (Phi) is 2.58. The van der Waals surface area contributed by atoms with Gasteiger partial charge in [0, 0.05) is 12.7 Å². The number of alkyl halides is 1. The van der Waals surface area contributed by atoms with Crippen LogP contribution < -0.4 is 0 Å². The van der Waals surface area contributed by atoms with Crippen molar-refractivity contribution in [2.45, 2.75) is 32.2 Å². The summed E-state index contributed by atoms with van der Waals surface area (Å²) in [4.78, 5) is 9.02. The van der Waals surface area contributed by atoms with E-state index in [2.05, 4.69) is 21.5 Å². The monoisotopic (exact) mass is 249 g/mol. The number of hydrogen-bond acceptors (Lipinski definition) is 2. The second-order valence-corrected chi connectivity index (χ2v) is 5.67. The molecule has 1 aliphatic carbocycles. The smallest absolute Gasteiger partial charge is 0.160 e. The lowest BCUT2D eigenvalue weighted by molar-refractivity contribution is 0.578. The molecule has 0 radical (unpaired) electrons. The first kappa shape index (κ1) is 11.0. The third kappa shape index (κ3) is 1.93. The van der Waals surface area contributed by atoms with E-state index in [-0.39, 0.29) is 5.38 Å². The minimum Gasteiger partial charge on any atom is -0.311 e. The Morgan fingerprint density at radius 1 is 1.59 bits per heavy atom. The SMILES string of the molecule is CC(Cl)c1nc2cccnc2n1CC1CC1C. The van der Waals surface area contributed by atoms with Gasteiger partial charge in [-0.3, -0.25) is 0 Å². The number of imidazole rings is 1. The standard InChI is InChI=1S/C13H16ClN3/c1-8-6-10(8)7-17-12(9(2)14)16-11-4-3-5-15-13(11)17/h3-5,8-10H,6-7H2,1-2H3. The average molecular weight is 250 g/mol. The maximum Gasteiger partial charge on any atom is 0.160 e. The molecule has 0 saturated heterocycles. The third-order valence-corrected chi connectivity index (χ3v) is 3.78. The fraction of sp³-hybridized carbons (Fsp3) is 0.538. The predicted molar refractivity (Wildman–Crippen MR) is 69.1 cm³/mol. The maximum absolute atomic E-state index is 6.21. The van der Waals surface area contributed by atoms with E-state index in [0.29, 0.717) is 0 Å². The van der Waals surface area contributed by atoms with Crippen molar-refractivity contribution in [3.63, 3.8) is 0 Å². The largest absolute Gasteiger partial charge is 0.311 e. The molecule has 90 valence electrons. The van der Waals surface area contributed by atoms with Crippen LogP contribution in [0.15, 0.2) is 18.3 Å². The number of hydrogen-bond donors (Lipinski definition) is 0. The summed E-state index contributed by atoms with van der Waals surface area (Å²) in [5.74, 6) is 2.54. The van der Waals surface area contributed by atoms with Crippen molar-refractivity contribution in [1.29, 1.82) is 0 Å². The zero-order valence-corrected chi connectivity index (χ0v) is 10.9. The molecule has 17 heavy (non-hydrogen) atoms. The molecule has 3 atom stereocenters. The average Bonchev–Trinajstić information content (AvgIpc) is 2.87. The van der Waals surface area contributed by atoms with Gasteiger partial charge in [-0.2, -0.15) is 0 Å². The Bertz CT molecular complexity index is 547. The van der Waals surface area contributed by atoms with Crippen molar-refractivity contribution in [2.24, 2.45) is 11.8 Å². The molecule has 0 spiro atoms. The van der Waals surface area contributed by atoms with Gasteiger partial charge >= 0.3 is 0 Å². The highest BCUT2D eigenvalue weighted by Crippen LogP contribution is 2.40. The van der Waals surface area contributed by atoms with Gasteiger partial charge in [0.1, 0.15) is 11.3 Å². The van der Waals surface area contributed by atoms with Gasteiger partial charge in [0.15, 0.2) is 5.65 Å². The maximum atomic E-state index is 6.21. The van der Waals surface area contributed by atoms with Crippen LogP contribution in [0.3, 0.4) is 0 Å². The molecule has 0 bridgehead atoms. The Morgan fingerprint density at radius 2 is 2.35 bits per heavy atom. The summed E-state index contributed by atoms with van der Waals surface area (Å²) in [7, 11) is 0. The third-order valence-electron chi connectivity index (χ3n) is 3.58. The van der Waals surface area contributed by atoms with Gasteiger partial charge < -0.3 is 4.57 Å². The molecular weight excluding hydrogens is 234 g/mol. The molecule has 0 N–H and O–H groups in total. The summed E-state index contributed by atoms with van der Waals surface area (Å²) < 4.78 is 2.20. The Labute approximate surface area is 106 Å². The van der Waals surface area contributed by atoms with Crippen molar-refractivity contribution in [3.05, 3.63) is 24.2 Å². The van der Waals surface area contributed by atoms with Gasteiger partial charge in [-0.05, 0) is 37.3 Å². The summed E-state index contributed by atoms with van der Waals surface area (Å²) in [6.45, 7) is 5.26. The van der Waals surface area contributed by atoms with Crippen LogP contribution in [-0.4, -0.2) is 14.5 Å². The molecular formula is C13H16ClN3. The summed E-state index contributed by atoms with van der Waals surface area (Å²) in [5.41, 5.74) is 1.91. The molecule has 1 aliphatic rings. The number of pyridine rings is 1. The topological polar surface area (TPSA) is 30.7 Å². The van der Waals surface area contributed by atoms with Gasteiger partial charge in [-0.25, -0.2) is 9.97 Å². The van der Waals surface area contributed by atoms with E-state index < -0.39 is 0 Å². The lowest BCUT2D eigenvalue weighted by atomic mass is 10.3. The molecule has 0 aliphatic heterocycles. The van der Waals surface area contributed by atoms with Gasteiger partial charge in [0.05, 0.1) is 5.38 Å². The number of nitrogens with zero attached hydrogens (tertiary/aromatic N) is 3. The lowest BCUT2D eigenvalue weighted by Gasteiger charge is -2.09. The number of fused-ring (bicyclic) bond motifs is 1. The number of rotatable bonds is 3. The summed E-state index contributed by atoms with van der Waals surface area (Å²) >= 11 is 6.21. The van der Waals surface area contributed by atoms with E-state index >= 15 is 0 Å². The van der Waals surface area contributed by atoms with Crippen LogP contribution in [0.25, 0.3) is 11.2 Å². The van der Waals surface area contributed by atoms with Crippen molar-refractivity contribution in [3.8, 4) is 0 Å². The Balaban J connectivity index is 2.07. The minimum absolute atomic E-state index is 0.0711. The summed E-state index contributed by atoms with van der Waals surface area (Å²) in [5, 5.41) is -0.0711. The van der Waals surface area contributed by atoms with Gasteiger partial charge in [0.25, 0.3) is 0 Å². The first-order valence-electron chi connectivity index (χ1n) is 6.12. The van der Waals surface area contributed by atoms with Gasteiger partial charge in [-0.15, -0.1) is 11.6 Å². The van der Waals surface area contributed by atoms with Gasteiger partial charge in [0.2, 0.25) is 0 Å². The van der Waals surface area contributed by atoms with Crippen LogP contribution in [0, 0.1) is 11.8 Å². The molecule has 0 amide bonds. The van der Waals surface area contributed by atoms with Crippen LogP contribution in [0.4, 0.5) is 0 Å². The first-order chi connectivity index (χ1) is 8.16. The molecule has 0 aromatic carbocycles. The highest BCUT2D eigenvalue weighted by Gasteiger charge is 2.34. The van der Waals surface area contributed by atoms with E-state index in [1.54, 1.807) is 0 Å². The van der Waals surface area contributed by atoms with Crippen LogP contribution in [0.5, 0.6) is 0 Å². The van der Waals surface area contributed by atoms with Crippen LogP contribution >= 0.6 is 11.6 Å². The molecule has 4 heteroatoms. The van der Waals surface area contributed by atoms with E-state index in [1.165, 1.54) is 6.42 Å². The molecule has 1 fully saturated rings. The molecule has 1 saturated carbocycles. The van der Waals surface area contributed by atoms with Crippen molar-refractivity contribution < 1.29 is 0 Å². The number of aromatic nitrogens is 3. The van der Waals surface area contributed by atoms with E-state index in [1.807, 2.05) is 25.3 Å². The lowest BCUT2D eigenvalue weighted by Crippen LogP contribution is -2.07. The number of halogens is 1. The predicted octanol–water partition coefficient (Wildman–Crippen LogP) is 3.39. The Morgan fingerprint density at radius 3 is 3.00 bits per heavy atom. The molecule has 2 aromatic heterocycles. The second kappa shape index (κ2) is 3.98. The molecule has 3 rings (SSSR count). The van der Waals surface area contributed by atoms with E-state index in [9.17, 15) is 0 Å². The van der Waals surface area contributed by atoms with E-state index in [0.717, 1.165) is 35.4 Å². The van der Waals surface area contributed by atoms with Crippen molar-refractivity contribution in [2.75, 3.05) is 0 Å². The molecule has 2 aromatic rings. The fourth-order valence-corrected chi connectivity index (χ4v) is 2.51. The zero-order valence-electron chi connectivity index (χ0n) is 10.1. The van der Waals surface area contributed by atoms with E-state index in [4.69, 9.17) is 11.6 Å². The quantitative estimate of drug-likeness (QED) is 0.781. The van der Waals surface area contributed by atoms with Crippen LogP contribution in [0.2, 0.25) is 0 Å². The zero-order chi connectivity index (χ0) is 12.0. The molecule has 3 unspecified atom stereocenters. The highest BCUT2D eigenvalue weighted by atomic mass is 35.5. The normalized spacial score (nSPS) is 25.1. The summed E-state index contributed by atoms with van der Waals surface area (Å²) in [6, 6.07) is 3.92. The second-order valence-electron chi connectivity index (χ2n) is 5.02. The fourth-order valence-electron chi connectivity index (χ4n) is 2.35. The summed E-state index contributed by atoms with van der Waals surface area (Å²) in [6.07, 6.45) is 3.13. The van der Waals surface area contributed by atoms with Crippen LogP contribution in [-0.2, 0) is 6.54 Å². The highest BCUT2D eigenvalue weighted by molar-refractivity contribution is 6.20. The Hall–Kier alpha value is -1.09. The van der Waals surface area contributed by atoms with Crippen molar-refractivity contribution >= 4 is 22.8 Å². The van der Waals surface area contributed by atoms with Crippen LogP contribution in [0.1, 0.15) is 31.5 Å². The van der Waals surface area contributed by atoms with Crippen molar-refractivity contribution in [1.82, 2.24) is 14.5 Å². The molecule has 2 heterocycles.